The summed E-state index contributed by atoms with van der Waals surface area (Å²) in [5.74, 6) is 0. The minimum Gasteiger partial charge on any atom is -0.400 e. The van der Waals surface area contributed by atoms with Gasteiger partial charge < -0.3 is 10.8 Å². The second-order valence-corrected chi connectivity index (χ2v) is 1.85. The summed E-state index contributed by atoms with van der Waals surface area (Å²) in [6.45, 7) is 3.07. The molecule has 9 heavy (non-hydrogen) atoms. The van der Waals surface area contributed by atoms with Crippen molar-refractivity contribution < 1.29 is 6.53 Å². The van der Waals surface area contributed by atoms with Crippen molar-refractivity contribution in [3.63, 3.8) is 0 Å². The summed E-state index contributed by atoms with van der Waals surface area (Å²) in [5.41, 5.74) is 5.27. The topological polar surface area (TPSA) is 46.2 Å². The summed E-state index contributed by atoms with van der Waals surface area (Å²) < 4.78 is 0. The molecule has 0 bridgehead atoms. The van der Waals surface area contributed by atoms with Gasteiger partial charge in [-0.3, -0.25) is 0 Å². The van der Waals surface area contributed by atoms with E-state index >= 15 is 0 Å². The molecule has 0 fully saturated rings. The van der Waals surface area contributed by atoms with E-state index in [0.29, 0.717) is 0 Å². The number of rotatable bonds is 4. The van der Waals surface area contributed by atoms with Gasteiger partial charge in [0.15, 0.2) is 0 Å². The van der Waals surface area contributed by atoms with Crippen molar-refractivity contribution in [1.29, 1.82) is 0 Å². The van der Waals surface area contributed by atoms with Crippen molar-refractivity contribution in [1.82, 2.24) is 0 Å². The van der Waals surface area contributed by atoms with Crippen molar-refractivity contribution >= 4 is 0 Å². The van der Waals surface area contributed by atoms with E-state index in [0.717, 1.165) is 13.7 Å². The van der Waals surface area contributed by atoms with Crippen LogP contribution >= 0.6 is 0 Å². The third kappa shape index (κ3) is 18.1. The average Bonchev–Trinajstić information content (AvgIpc) is 1.94. The van der Waals surface area contributed by atoms with E-state index < -0.39 is 0 Å². The Morgan fingerprint density at radius 3 is 2.11 bits per heavy atom. The van der Waals surface area contributed by atoms with Crippen LogP contribution in [-0.2, 0) is 0 Å². The summed E-state index contributed by atoms with van der Waals surface area (Å²) in [6.07, 6.45) is 5.16. The van der Waals surface area contributed by atoms with Crippen molar-refractivity contribution in [2.24, 2.45) is 5.73 Å². The Hall–Kier alpha value is -0.0800. The average molecular weight is 135 g/mol. The van der Waals surface area contributed by atoms with Gasteiger partial charge in [0.05, 0.1) is 0 Å². The molecule has 0 atom stereocenters. The molecule has 0 aliphatic rings. The van der Waals surface area contributed by atoms with Crippen LogP contribution in [0.2, 0.25) is 0 Å². The SMILES string of the molecule is CCCCCCN.CO.[HH]. The Morgan fingerprint density at radius 2 is 1.78 bits per heavy atom. The molecule has 0 amide bonds. The molecule has 0 rings (SSSR count). The number of hydrogen-bond acceptors (Lipinski definition) is 2. The fourth-order valence-electron chi connectivity index (χ4n) is 0.571. The lowest BCUT2D eigenvalue weighted by Crippen LogP contribution is -1.97. The van der Waals surface area contributed by atoms with E-state index in [1.807, 2.05) is 0 Å². The lowest BCUT2D eigenvalue weighted by Gasteiger charge is -1.90. The molecule has 2 nitrogen and oxygen atoms in total. The van der Waals surface area contributed by atoms with Gasteiger partial charge in [0, 0.05) is 8.54 Å². The molecule has 0 aliphatic heterocycles. The van der Waals surface area contributed by atoms with Gasteiger partial charge in [-0.2, -0.15) is 0 Å². The first kappa shape index (κ1) is 11.7. The van der Waals surface area contributed by atoms with Gasteiger partial charge in [0.1, 0.15) is 0 Å². The first-order valence-corrected chi connectivity index (χ1v) is 3.56. The highest BCUT2D eigenvalue weighted by Crippen LogP contribution is 1.95. The quantitative estimate of drug-likeness (QED) is 0.572. The second-order valence-electron chi connectivity index (χ2n) is 1.85. The Bertz CT molecular complexity index is 32.8. The van der Waals surface area contributed by atoms with Crippen molar-refractivity contribution in [3.05, 3.63) is 0 Å². The number of unbranched alkanes of at least 4 members (excludes halogenated alkanes) is 3. The third-order valence-corrected chi connectivity index (χ3v) is 1.06. The minimum atomic E-state index is 0. The Kier molecular flexibility index (Phi) is 20.3. The maximum absolute atomic E-state index is 7.00. The molecule has 60 valence electrons. The zero-order chi connectivity index (χ0) is 7.54. The molecule has 0 saturated carbocycles. The minimum absolute atomic E-state index is 0. The van der Waals surface area contributed by atoms with E-state index in [9.17, 15) is 0 Å². The van der Waals surface area contributed by atoms with E-state index in [1.165, 1.54) is 25.7 Å². The van der Waals surface area contributed by atoms with Gasteiger partial charge in [-0.1, -0.05) is 26.2 Å². The van der Waals surface area contributed by atoms with Crippen LogP contribution in [0.5, 0.6) is 0 Å². The summed E-state index contributed by atoms with van der Waals surface area (Å²) in [7, 11) is 1.00. The zero-order valence-corrected chi connectivity index (χ0v) is 6.56. The highest BCUT2D eigenvalue weighted by atomic mass is 16.2. The fourth-order valence-corrected chi connectivity index (χ4v) is 0.571. The van der Waals surface area contributed by atoms with Crippen molar-refractivity contribution in [3.8, 4) is 0 Å². The number of aliphatic hydroxyl groups is 1. The molecule has 0 saturated heterocycles. The molecule has 3 N–H and O–H groups in total. The number of hydrogen-bond donors (Lipinski definition) is 2. The molecule has 0 aliphatic carbocycles. The molecule has 0 heterocycles. The summed E-state index contributed by atoms with van der Waals surface area (Å²) in [4.78, 5) is 0. The largest absolute Gasteiger partial charge is 0.400 e. The van der Waals surface area contributed by atoms with Crippen LogP contribution in [0.3, 0.4) is 0 Å². The van der Waals surface area contributed by atoms with Gasteiger partial charge in [0.25, 0.3) is 0 Å². The van der Waals surface area contributed by atoms with Gasteiger partial charge in [-0.15, -0.1) is 0 Å². The second kappa shape index (κ2) is 15.7. The van der Waals surface area contributed by atoms with Crippen LogP contribution in [0.1, 0.15) is 34.0 Å². The molecular formula is C7H21NO. The van der Waals surface area contributed by atoms with Crippen molar-refractivity contribution in [2.75, 3.05) is 13.7 Å². The first-order chi connectivity index (χ1) is 4.41. The zero-order valence-electron chi connectivity index (χ0n) is 6.56. The molecule has 0 spiro atoms. The molecule has 2 heteroatoms. The van der Waals surface area contributed by atoms with E-state index in [4.69, 9.17) is 10.8 Å². The van der Waals surface area contributed by atoms with E-state index in [-0.39, 0.29) is 1.43 Å². The van der Waals surface area contributed by atoms with E-state index in [1.54, 1.807) is 0 Å². The first-order valence-electron chi connectivity index (χ1n) is 3.56. The predicted octanol–water partition coefficient (Wildman–Crippen LogP) is 1.38. The Labute approximate surface area is 59.6 Å². The Balaban J connectivity index is -0.000000149. The van der Waals surface area contributed by atoms with Gasteiger partial charge in [0.2, 0.25) is 0 Å². The summed E-state index contributed by atoms with van der Waals surface area (Å²) >= 11 is 0. The molecule has 0 unspecified atom stereocenters. The third-order valence-electron chi connectivity index (χ3n) is 1.06. The van der Waals surface area contributed by atoms with Gasteiger partial charge >= 0.3 is 0 Å². The summed E-state index contributed by atoms with van der Waals surface area (Å²) in [6, 6.07) is 0. The van der Waals surface area contributed by atoms with Crippen LogP contribution in [0.15, 0.2) is 0 Å². The van der Waals surface area contributed by atoms with Crippen LogP contribution in [0, 0.1) is 0 Å². The van der Waals surface area contributed by atoms with Crippen molar-refractivity contribution in [2.45, 2.75) is 32.6 Å². The van der Waals surface area contributed by atoms with Crippen LogP contribution in [0.4, 0.5) is 0 Å². The maximum Gasteiger partial charge on any atom is 0.0319 e. The molecular weight excluding hydrogens is 114 g/mol. The summed E-state index contributed by atoms with van der Waals surface area (Å²) in [5, 5.41) is 7.00. The lowest BCUT2D eigenvalue weighted by atomic mass is 10.2. The monoisotopic (exact) mass is 135 g/mol. The number of aliphatic hydroxyl groups excluding tert-OH is 1. The molecule has 0 aromatic rings. The Morgan fingerprint density at radius 1 is 1.22 bits per heavy atom. The van der Waals surface area contributed by atoms with Gasteiger partial charge in [-0.05, 0) is 13.0 Å². The normalized spacial score (nSPS) is 8.00. The molecule has 0 aromatic carbocycles. The maximum atomic E-state index is 7.00. The van der Waals surface area contributed by atoms with Crippen LogP contribution < -0.4 is 5.73 Å². The van der Waals surface area contributed by atoms with E-state index in [2.05, 4.69) is 6.92 Å². The number of nitrogens with two attached hydrogens (primary N) is 1. The van der Waals surface area contributed by atoms with Crippen LogP contribution in [-0.4, -0.2) is 18.8 Å². The fraction of sp³-hybridized carbons (Fsp3) is 1.00. The predicted molar refractivity (Wildman–Crippen MR) is 43.5 cm³/mol. The molecule has 0 radical (unpaired) electrons. The van der Waals surface area contributed by atoms with Gasteiger partial charge in [-0.25, -0.2) is 0 Å². The highest BCUT2D eigenvalue weighted by Gasteiger charge is 1.80. The lowest BCUT2D eigenvalue weighted by molar-refractivity contribution is 0.399. The molecule has 0 aromatic heterocycles. The standard InChI is InChI=1S/C6H15N.CH4O.H2/c1-2-3-4-5-6-7;1-2;/h2-7H2,1H3;2H,1H3;1H. The smallest absolute Gasteiger partial charge is 0.0319 e. The highest BCUT2D eigenvalue weighted by molar-refractivity contribution is 4.38. The van der Waals surface area contributed by atoms with Crippen LogP contribution in [0.25, 0.3) is 0 Å².